The Labute approximate surface area is 131 Å². The summed E-state index contributed by atoms with van der Waals surface area (Å²) in [6, 6.07) is 2.81. The van der Waals surface area contributed by atoms with E-state index in [0.29, 0.717) is 30.2 Å². The van der Waals surface area contributed by atoms with Gasteiger partial charge in [0, 0.05) is 32.1 Å². The van der Waals surface area contributed by atoms with Gasteiger partial charge in [0.25, 0.3) is 0 Å². The van der Waals surface area contributed by atoms with E-state index in [4.69, 9.17) is 0 Å². The van der Waals surface area contributed by atoms with Gasteiger partial charge in [0.1, 0.15) is 0 Å². The molecule has 0 N–H and O–H groups in total. The molecule has 2 aliphatic heterocycles. The third-order valence-electron chi connectivity index (χ3n) is 4.80. The van der Waals surface area contributed by atoms with Crippen LogP contribution in [-0.2, 0) is 11.3 Å². The topological polar surface area (TPSA) is 23.6 Å². The van der Waals surface area contributed by atoms with Crippen molar-refractivity contribution in [2.75, 3.05) is 19.6 Å². The van der Waals surface area contributed by atoms with Crippen molar-refractivity contribution in [3.8, 4) is 0 Å². The first kappa shape index (κ1) is 15.0. The quantitative estimate of drug-likeness (QED) is 0.853. The van der Waals surface area contributed by atoms with Gasteiger partial charge in [-0.05, 0) is 53.6 Å². The standard InChI is InChI=1S/C17H26N2OS/c1-13(2)8-17(20)19-10-15-4-3-6-18(16(15)11-19)9-14-5-7-21-12-14/h5,7,12-13,15-16H,3-4,6,8-11H2,1-2H3/t15-,16+/m1/s1. The molecule has 0 bridgehead atoms. The van der Waals surface area contributed by atoms with E-state index in [1.54, 1.807) is 11.3 Å². The highest BCUT2D eigenvalue weighted by Gasteiger charge is 2.40. The number of hydrogen-bond donors (Lipinski definition) is 0. The summed E-state index contributed by atoms with van der Waals surface area (Å²) >= 11 is 1.77. The maximum Gasteiger partial charge on any atom is 0.222 e. The molecule has 0 aliphatic carbocycles. The van der Waals surface area contributed by atoms with Crippen LogP contribution in [-0.4, -0.2) is 41.4 Å². The predicted octanol–water partition coefficient (Wildman–Crippen LogP) is 3.22. The van der Waals surface area contributed by atoms with Crippen molar-refractivity contribution in [3.63, 3.8) is 0 Å². The van der Waals surface area contributed by atoms with E-state index in [1.807, 2.05) is 0 Å². The number of carbonyl (C=O) groups is 1. The molecule has 1 aromatic heterocycles. The van der Waals surface area contributed by atoms with Crippen LogP contribution in [0.5, 0.6) is 0 Å². The molecule has 0 unspecified atom stereocenters. The Kier molecular flexibility index (Phi) is 4.65. The second kappa shape index (κ2) is 6.49. The fourth-order valence-corrected chi connectivity index (χ4v) is 4.43. The van der Waals surface area contributed by atoms with Gasteiger partial charge < -0.3 is 4.90 Å². The minimum Gasteiger partial charge on any atom is -0.341 e. The maximum absolute atomic E-state index is 12.3. The fourth-order valence-electron chi connectivity index (χ4n) is 3.77. The number of carbonyl (C=O) groups excluding carboxylic acids is 1. The molecule has 2 aliphatic rings. The van der Waals surface area contributed by atoms with Crippen molar-refractivity contribution < 1.29 is 4.79 Å². The van der Waals surface area contributed by atoms with Crippen molar-refractivity contribution in [2.45, 2.75) is 45.7 Å². The largest absolute Gasteiger partial charge is 0.341 e. The van der Waals surface area contributed by atoms with Gasteiger partial charge in [-0.25, -0.2) is 0 Å². The minimum absolute atomic E-state index is 0.356. The molecule has 3 nitrogen and oxygen atoms in total. The van der Waals surface area contributed by atoms with Crippen molar-refractivity contribution in [3.05, 3.63) is 22.4 Å². The van der Waals surface area contributed by atoms with Gasteiger partial charge >= 0.3 is 0 Å². The normalized spacial score (nSPS) is 26.3. The number of likely N-dealkylation sites (tertiary alicyclic amines) is 2. The molecule has 3 heterocycles. The van der Waals surface area contributed by atoms with E-state index in [-0.39, 0.29) is 0 Å². The van der Waals surface area contributed by atoms with Crippen LogP contribution >= 0.6 is 11.3 Å². The number of fused-ring (bicyclic) bond motifs is 1. The molecule has 0 saturated carbocycles. The summed E-state index contributed by atoms with van der Waals surface area (Å²) in [5, 5.41) is 4.41. The van der Waals surface area contributed by atoms with E-state index >= 15 is 0 Å². The molecule has 0 aromatic carbocycles. The number of nitrogens with zero attached hydrogens (tertiary/aromatic N) is 2. The number of amides is 1. The van der Waals surface area contributed by atoms with Gasteiger partial charge in [0.05, 0.1) is 0 Å². The summed E-state index contributed by atoms with van der Waals surface area (Å²) in [7, 11) is 0. The molecular weight excluding hydrogens is 280 g/mol. The molecule has 116 valence electrons. The highest BCUT2D eigenvalue weighted by molar-refractivity contribution is 7.07. The van der Waals surface area contributed by atoms with Gasteiger partial charge in [-0.2, -0.15) is 11.3 Å². The molecule has 3 rings (SSSR count). The van der Waals surface area contributed by atoms with Crippen molar-refractivity contribution in [1.82, 2.24) is 9.80 Å². The van der Waals surface area contributed by atoms with Gasteiger partial charge in [0.2, 0.25) is 5.91 Å². The van der Waals surface area contributed by atoms with Crippen LogP contribution in [0.15, 0.2) is 16.8 Å². The lowest BCUT2D eigenvalue weighted by Crippen LogP contribution is -2.44. The Bertz CT molecular complexity index is 471. The summed E-state index contributed by atoms with van der Waals surface area (Å²) < 4.78 is 0. The number of thiophene rings is 1. The minimum atomic E-state index is 0.356. The van der Waals surface area contributed by atoms with Crippen LogP contribution < -0.4 is 0 Å². The Morgan fingerprint density at radius 2 is 2.29 bits per heavy atom. The van der Waals surface area contributed by atoms with Gasteiger partial charge in [-0.1, -0.05) is 13.8 Å². The molecule has 1 amide bonds. The molecule has 2 fully saturated rings. The summed E-state index contributed by atoms with van der Waals surface area (Å²) in [5.74, 6) is 1.51. The summed E-state index contributed by atoms with van der Waals surface area (Å²) in [4.78, 5) is 17.1. The first-order chi connectivity index (χ1) is 10.1. The zero-order valence-corrected chi connectivity index (χ0v) is 13.9. The van der Waals surface area contributed by atoms with E-state index in [9.17, 15) is 4.79 Å². The number of rotatable bonds is 4. The zero-order valence-electron chi connectivity index (χ0n) is 13.1. The van der Waals surface area contributed by atoms with Gasteiger partial charge in [0.15, 0.2) is 0 Å². The van der Waals surface area contributed by atoms with Crippen molar-refractivity contribution in [2.24, 2.45) is 11.8 Å². The third kappa shape index (κ3) is 3.49. The van der Waals surface area contributed by atoms with E-state index < -0.39 is 0 Å². The molecule has 2 saturated heterocycles. The molecule has 0 radical (unpaired) electrons. The molecule has 4 heteroatoms. The summed E-state index contributed by atoms with van der Waals surface area (Å²) in [5.41, 5.74) is 1.42. The molecular formula is C17H26N2OS. The SMILES string of the molecule is CC(C)CC(=O)N1C[C@H]2CCCN(Cc3ccsc3)[C@H]2C1. The van der Waals surface area contributed by atoms with Gasteiger partial charge in [-0.15, -0.1) is 0 Å². The average Bonchev–Trinajstić information content (AvgIpc) is 3.06. The van der Waals surface area contributed by atoms with Crippen LogP contribution in [0, 0.1) is 11.8 Å². The van der Waals surface area contributed by atoms with E-state index in [1.165, 1.54) is 24.9 Å². The maximum atomic E-state index is 12.3. The fraction of sp³-hybridized carbons (Fsp3) is 0.706. The lowest BCUT2D eigenvalue weighted by Gasteiger charge is -2.36. The molecule has 2 atom stereocenters. The van der Waals surface area contributed by atoms with Crippen LogP contribution in [0.1, 0.15) is 38.7 Å². The highest BCUT2D eigenvalue weighted by Crippen LogP contribution is 2.32. The Morgan fingerprint density at radius 3 is 3.00 bits per heavy atom. The van der Waals surface area contributed by atoms with Gasteiger partial charge in [-0.3, -0.25) is 9.69 Å². The third-order valence-corrected chi connectivity index (χ3v) is 5.53. The Balaban J connectivity index is 1.63. The smallest absolute Gasteiger partial charge is 0.222 e. The monoisotopic (exact) mass is 306 g/mol. The first-order valence-electron chi connectivity index (χ1n) is 8.16. The second-order valence-corrected chi connectivity index (χ2v) is 7.75. The number of piperidine rings is 1. The molecule has 0 spiro atoms. The Hall–Kier alpha value is -0.870. The first-order valence-corrected chi connectivity index (χ1v) is 9.10. The second-order valence-electron chi connectivity index (χ2n) is 6.97. The highest BCUT2D eigenvalue weighted by atomic mass is 32.1. The lowest BCUT2D eigenvalue weighted by molar-refractivity contribution is -0.131. The lowest BCUT2D eigenvalue weighted by atomic mass is 9.92. The van der Waals surface area contributed by atoms with E-state index in [2.05, 4.69) is 40.5 Å². The van der Waals surface area contributed by atoms with Crippen molar-refractivity contribution >= 4 is 17.2 Å². The van der Waals surface area contributed by atoms with Crippen LogP contribution in [0.25, 0.3) is 0 Å². The summed E-state index contributed by atoms with van der Waals surface area (Å²) in [6.07, 6.45) is 3.26. The molecule has 21 heavy (non-hydrogen) atoms. The van der Waals surface area contributed by atoms with E-state index in [0.717, 1.165) is 19.6 Å². The van der Waals surface area contributed by atoms with Crippen LogP contribution in [0.2, 0.25) is 0 Å². The average molecular weight is 306 g/mol. The predicted molar refractivity (Wildman–Crippen MR) is 87.3 cm³/mol. The Morgan fingerprint density at radius 1 is 1.43 bits per heavy atom. The van der Waals surface area contributed by atoms with Crippen LogP contribution in [0.3, 0.4) is 0 Å². The van der Waals surface area contributed by atoms with Crippen molar-refractivity contribution in [1.29, 1.82) is 0 Å². The zero-order chi connectivity index (χ0) is 14.8. The summed E-state index contributed by atoms with van der Waals surface area (Å²) in [6.45, 7) is 8.42. The van der Waals surface area contributed by atoms with Crippen LogP contribution in [0.4, 0.5) is 0 Å². The molecule has 1 aromatic rings. The number of hydrogen-bond acceptors (Lipinski definition) is 3.